The summed E-state index contributed by atoms with van der Waals surface area (Å²) >= 11 is 0. The lowest BCUT2D eigenvalue weighted by Gasteiger charge is -2.05. The van der Waals surface area contributed by atoms with Gasteiger partial charge in [0.15, 0.2) is 0 Å². The topological polar surface area (TPSA) is 51.8 Å². The van der Waals surface area contributed by atoms with Crippen molar-refractivity contribution in [1.82, 2.24) is 9.97 Å². The monoisotopic (exact) mass is 199 g/mol. The second-order valence-electron chi connectivity index (χ2n) is 3.36. The van der Waals surface area contributed by atoms with Crippen molar-refractivity contribution >= 4 is 5.69 Å². The first kappa shape index (κ1) is 9.65. The van der Waals surface area contributed by atoms with E-state index in [1.165, 1.54) is 0 Å². The number of rotatable bonds is 2. The summed E-state index contributed by atoms with van der Waals surface area (Å²) < 4.78 is 0. The lowest BCUT2D eigenvalue weighted by Crippen LogP contribution is -1.94. The summed E-state index contributed by atoms with van der Waals surface area (Å²) in [5.41, 5.74) is 9.78. The van der Waals surface area contributed by atoms with Crippen LogP contribution in [0.25, 0.3) is 11.3 Å². The van der Waals surface area contributed by atoms with Crippen LogP contribution in [0.3, 0.4) is 0 Å². The molecule has 3 nitrogen and oxygen atoms in total. The van der Waals surface area contributed by atoms with Gasteiger partial charge in [-0.25, -0.2) is 0 Å². The lowest BCUT2D eigenvalue weighted by atomic mass is 10.0. The number of anilines is 1. The maximum Gasteiger partial charge on any atom is 0.0885 e. The van der Waals surface area contributed by atoms with Gasteiger partial charge in [-0.1, -0.05) is 13.0 Å². The fraction of sp³-hybridized carbons (Fsp3) is 0.167. The molecule has 0 amide bonds. The van der Waals surface area contributed by atoms with Crippen LogP contribution in [-0.4, -0.2) is 9.97 Å². The second-order valence-corrected chi connectivity index (χ2v) is 3.36. The highest BCUT2D eigenvalue weighted by Crippen LogP contribution is 2.21. The number of nitrogens with two attached hydrogens (primary N) is 1. The molecule has 0 aliphatic carbocycles. The van der Waals surface area contributed by atoms with Gasteiger partial charge in [-0.2, -0.15) is 0 Å². The third kappa shape index (κ3) is 1.96. The van der Waals surface area contributed by atoms with E-state index in [4.69, 9.17) is 5.73 Å². The minimum atomic E-state index is 0.838. The van der Waals surface area contributed by atoms with Gasteiger partial charge in [-0.05, 0) is 24.1 Å². The number of hydrogen-bond donors (Lipinski definition) is 1. The Morgan fingerprint density at radius 2 is 2.13 bits per heavy atom. The van der Waals surface area contributed by atoms with E-state index in [0.29, 0.717) is 0 Å². The van der Waals surface area contributed by atoms with Gasteiger partial charge in [-0.15, -0.1) is 0 Å². The smallest absolute Gasteiger partial charge is 0.0885 e. The van der Waals surface area contributed by atoms with E-state index < -0.39 is 0 Å². The van der Waals surface area contributed by atoms with Crippen molar-refractivity contribution in [3.05, 3.63) is 42.4 Å². The summed E-state index contributed by atoms with van der Waals surface area (Å²) in [7, 11) is 0. The first-order valence-corrected chi connectivity index (χ1v) is 4.96. The van der Waals surface area contributed by atoms with Gasteiger partial charge in [0.2, 0.25) is 0 Å². The van der Waals surface area contributed by atoms with Crippen molar-refractivity contribution in [2.45, 2.75) is 13.3 Å². The number of aryl methyl sites for hydroxylation is 1. The first-order chi connectivity index (χ1) is 7.31. The standard InChI is InChI=1S/C12H13N3/c1-2-9-7-10(3-4-11(9)13)12-8-14-5-6-15-12/h3-8H,2,13H2,1H3. The van der Waals surface area contributed by atoms with Gasteiger partial charge in [0.1, 0.15) is 0 Å². The molecule has 2 rings (SSSR count). The third-order valence-corrected chi connectivity index (χ3v) is 2.38. The van der Waals surface area contributed by atoms with Gasteiger partial charge in [-0.3, -0.25) is 9.97 Å². The summed E-state index contributed by atoms with van der Waals surface area (Å²) in [5.74, 6) is 0. The van der Waals surface area contributed by atoms with E-state index in [1.807, 2.05) is 12.1 Å². The molecule has 1 aromatic heterocycles. The summed E-state index contributed by atoms with van der Waals surface area (Å²) in [4.78, 5) is 8.30. The normalized spacial score (nSPS) is 10.2. The molecule has 0 unspecified atom stereocenters. The molecule has 0 spiro atoms. The Hall–Kier alpha value is -1.90. The first-order valence-electron chi connectivity index (χ1n) is 4.96. The molecule has 0 aliphatic rings. The molecule has 0 aliphatic heterocycles. The molecular formula is C12H13N3. The highest BCUT2D eigenvalue weighted by Gasteiger charge is 2.02. The van der Waals surface area contributed by atoms with E-state index in [9.17, 15) is 0 Å². The second kappa shape index (κ2) is 4.09. The Morgan fingerprint density at radius 3 is 2.80 bits per heavy atom. The molecule has 0 fully saturated rings. The fourth-order valence-corrected chi connectivity index (χ4v) is 1.52. The highest BCUT2D eigenvalue weighted by molar-refractivity contribution is 5.64. The van der Waals surface area contributed by atoms with E-state index in [1.54, 1.807) is 18.6 Å². The Labute approximate surface area is 89.0 Å². The van der Waals surface area contributed by atoms with Crippen LogP contribution in [0.1, 0.15) is 12.5 Å². The van der Waals surface area contributed by atoms with E-state index >= 15 is 0 Å². The molecule has 3 heteroatoms. The number of nitrogens with zero attached hydrogens (tertiary/aromatic N) is 2. The average Bonchev–Trinajstić information content (AvgIpc) is 2.31. The number of hydrogen-bond acceptors (Lipinski definition) is 3. The predicted molar refractivity (Wildman–Crippen MR) is 61.3 cm³/mol. The van der Waals surface area contributed by atoms with E-state index in [-0.39, 0.29) is 0 Å². The van der Waals surface area contributed by atoms with Gasteiger partial charge in [0.05, 0.1) is 11.9 Å². The Morgan fingerprint density at radius 1 is 1.27 bits per heavy atom. The number of nitrogen functional groups attached to an aromatic ring is 1. The molecule has 1 aromatic carbocycles. The van der Waals surface area contributed by atoms with Crippen molar-refractivity contribution in [3.8, 4) is 11.3 Å². The fourth-order valence-electron chi connectivity index (χ4n) is 1.52. The molecule has 0 radical (unpaired) electrons. The molecule has 1 heterocycles. The quantitative estimate of drug-likeness (QED) is 0.755. The van der Waals surface area contributed by atoms with Gasteiger partial charge in [0, 0.05) is 23.6 Å². The Bertz CT molecular complexity index is 452. The molecule has 2 aromatic rings. The maximum absolute atomic E-state index is 5.84. The summed E-state index contributed by atoms with van der Waals surface area (Å²) in [6.45, 7) is 2.09. The Balaban J connectivity index is 2.46. The molecular weight excluding hydrogens is 186 g/mol. The maximum atomic E-state index is 5.84. The SMILES string of the molecule is CCc1cc(-c2cnccn2)ccc1N. The summed E-state index contributed by atoms with van der Waals surface area (Å²) in [5, 5.41) is 0. The van der Waals surface area contributed by atoms with Crippen LogP contribution in [-0.2, 0) is 6.42 Å². The third-order valence-electron chi connectivity index (χ3n) is 2.38. The minimum Gasteiger partial charge on any atom is -0.399 e. The van der Waals surface area contributed by atoms with Crippen molar-refractivity contribution in [2.75, 3.05) is 5.73 Å². The van der Waals surface area contributed by atoms with Crippen LogP contribution in [0, 0.1) is 0 Å². The molecule has 2 N–H and O–H groups in total. The zero-order valence-electron chi connectivity index (χ0n) is 8.64. The zero-order valence-corrected chi connectivity index (χ0v) is 8.64. The molecule has 0 saturated carbocycles. The van der Waals surface area contributed by atoms with Crippen molar-refractivity contribution in [1.29, 1.82) is 0 Å². The van der Waals surface area contributed by atoms with Gasteiger partial charge < -0.3 is 5.73 Å². The largest absolute Gasteiger partial charge is 0.399 e. The number of benzene rings is 1. The van der Waals surface area contributed by atoms with Crippen LogP contribution in [0.15, 0.2) is 36.8 Å². The van der Waals surface area contributed by atoms with E-state index in [0.717, 1.165) is 28.9 Å². The minimum absolute atomic E-state index is 0.838. The van der Waals surface area contributed by atoms with E-state index in [2.05, 4.69) is 23.0 Å². The lowest BCUT2D eigenvalue weighted by molar-refractivity contribution is 1.14. The van der Waals surface area contributed by atoms with Crippen LogP contribution in [0.4, 0.5) is 5.69 Å². The summed E-state index contributed by atoms with van der Waals surface area (Å²) in [6, 6.07) is 5.96. The van der Waals surface area contributed by atoms with Crippen molar-refractivity contribution in [3.63, 3.8) is 0 Å². The molecule has 76 valence electrons. The Kier molecular flexibility index (Phi) is 2.63. The molecule has 0 atom stereocenters. The average molecular weight is 199 g/mol. The molecule has 0 bridgehead atoms. The van der Waals surface area contributed by atoms with Crippen LogP contribution in [0.2, 0.25) is 0 Å². The molecule has 15 heavy (non-hydrogen) atoms. The van der Waals surface area contributed by atoms with Gasteiger partial charge in [0.25, 0.3) is 0 Å². The van der Waals surface area contributed by atoms with Crippen LogP contribution < -0.4 is 5.73 Å². The zero-order chi connectivity index (χ0) is 10.7. The highest BCUT2D eigenvalue weighted by atomic mass is 14.8. The predicted octanol–water partition coefficient (Wildman–Crippen LogP) is 2.29. The summed E-state index contributed by atoms with van der Waals surface area (Å²) in [6.07, 6.45) is 6.05. The van der Waals surface area contributed by atoms with Gasteiger partial charge >= 0.3 is 0 Å². The van der Waals surface area contributed by atoms with Crippen molar-refractivity contribution in [2.24, 2.45) is 0 Å². The van der Waals surface area contributed by atoms with Crippen LogP contribution in [0.5, 0.6) is 0 Å². The van der Waals surface area contributed by atoms with Crippen molar-refractivity contribution < 1.29 is 0 Å². The van der Waals surface area contributed by atoms with Crippen LogP contribution >= 0.6 is 0 Å². The molecule has 0 saturated heterocycles. The number of aromatic nitrogens is 2.